The van der Waals surface area contributed by atoms with Crippen LogP contribution in [0.5, 0.6) is 0 Å². The molecule has 0 aliphatic rings. The standard InChI is InChI=1S/C24H33N7O2S/c1-15(2)28-20-11-22(30-17-6-7-19-21(10-17)34-14-27-19)26-12-18(20)24(33)25-9-8-16(3)29-23(32)13-31(4)5/h6-7,10-12,14-16H,8-9,13H2,1-5H3,(H,25,33)(H,29,32)(H2,26,28,30)/t16-/m1/s1. The van der Waals surface area contributed by atoms with Crippen molar-refractivity contribution in [2.75, 3.05) is 37.8 Å². The van der Waals surface area contributed by atoms with Gasteiger partial charge < -0.3 is 26.2 Å². The molecule has 2 heterocycles. The molecule has 1 atom stereocenters. The van der Waals surface area contributed by atoms with Crippen molar-refractivity contribution in [2.45, 2.75) is 39.3 Å². The zero-order valence-corrected chi connectivity index (χ0v) is 21.1. The minimum atomic E-state index is -0.208. The summed E-state index contributed by atoms with van der Waals surface area (Å²) in [6.07, 6.45) is 2.21. The summed E-state index contributed by atoms with van der Waals surface area (Å²) in [6.45, 7) is 6.75. The number of fused-ring (bicyclic) bond motifs is 1. The number of hydrogen-bond donors (Lipinski definition) is 4. The fraction of sp³-hybridized carbons (Fsp3) is 0.417. The van der Waals surface area contributed by atoms with Crippen LogP contribution in [0.1, 0.15) is 37.6 Å². The van der Waals surface area contributed by atoms with E-state index in [2.05, 4.69) is 31.2 Å². The monoisotopic (exact) mass is 483 g/mol. The zero-order chi connectivity index (χ0) is 24.7. The Kier molecular flexibility index (Phi) is 8.78. The quantitative estimate of drug-likeness (QED) is 0.331. The van der Waals surface area contributed by atoms with E-state index >= 15 is 0 Å². The van der Waals surface area contributed by atoms with Gasteiger partial charge in [-0.15, -0.1) is 11.3 Å². The molecule has 2 aromatic heterocycles. The van der Waals surface area contributed by atoms with E-state index in [4.69, 9.17) is 0 Å². The van der Waals surface area contributed by atoms with Gasteiger partial charge in [0.2, 0.25) is 5.91 Å². The number of pyridine rings is 1. The van der Waals surface area contributed by atoms with E-state index in [0.717, 1.165) is 15.9 Å². The maximum absolute atomic E-state index is 12.9. The van der Waals surface area contributed by atoms with Crippen molar-refractivity contribution in [1.29, 1.82) is 0 Å². The minimum Gasteiger partial charge on any atom is -0.382 e. The van der Waals surface area contributed by atoms with Crippen LogP contribution in [0.3, 0.4) is 0 Å². The summed E-state index contributed by atoms with van der Waals surface area (Å²) >= 11 is 1.58. The van der Waals surface area contributed by atoms with E-state index in [-0.39, 0.29) is 23.9 Å². The Morgan fingerprint density at radius 1 is 1.12 bits per heavy atom. The van der Waals surface area contributed by atoms with Crippen molar-refractivity contribution in [3.05, 3.63) is 41.5 Å². The first-order chi connectivity index (χ1) is 16.2. The summed E-state index contributed by atoms with van der Waals surface area (Å²) in [5, 5.41) is 12.5. The first-order valence-electron chi connectivity index (χ1n) is 11.3. The number of nitrogens with zero attached hydrogens (tertiary/aromatic N) is 3. The Morgan fingerprint density at radius 2 is 1.91 bits per heavy atom. The number of amides is 2. The summed E-state index contributed by atoms with van der Waals surface area (Å²) in [5.41, 5.74) is 4.87. The number of anilines is 3. The molecule has 0 spiro atoms. The molecule has 0 aliphatic carbocycles. The lowest BCUT2D eigenvalue weighted by molar-refractivity contribution is -0.122. The molecular formula is C24H33N7O2S. The maximum atomic E-state index is 12.9. The van der Waals surface area contributed by atoms with Gasteiger partial charge in [0.05, 0.1) is 33.5 Å². The van der Waals surface area contributed by atoms with Crippen molar-refractivity contribution in [2.24, 2.45) is 0 Å². The van der Waals surface area contributed by atoms with Crippen LogP contribution >= 0.6 is 11.3 Å². The molecule has 1 aromatic carbocycles. The van der Waals surface area contributed by atoms with Gasteiger partial charge in [-0.05, 0) is 59.5 Å². The van der Waals surface area contributed by atoms with Gasteiger partial charge in [-0.25, -0.2) is 9.97 Å². The molecule has 3 rings (SSSR count). The van der Waals surface area contributed by atoms with Gasteiger partial charge >= 0.3 is 0 Å². The Labute approximate surface area is 204 Å². The zero-order valence-electron chi connectivity index (χ0n) is 20.3. The van der Waals surface area contributed by atoms with Gasteiger partial charge in [-0.2, -0.15) is 0 Å². The van der Waals surface area contributed by atoms with Gasteiger partial charge in [0.1, 0.15) is 5.82 Å². The predicted molar refractivity (Wildman–Crippen MR) is 139 cm³/mol. The highest BCUT2D eigenvalue weighted by Gasteiger charge is 2.15. The van der Waals surface area contributed by atoms with Gasteiger partial charge in [-0.3, -0.25) is 9.59 Å². The van der Waals surface area contributed by atoms with Crippen LogP contribution in [0.15, 0.2) is 36.0 Å². The van der Waals surface area contributed by atoms with E-state index in [1.54, 1.807) is 17.5 Å². The molecule has 9 nitrogen and oxygen atoms in total. The predicted octanol–water partition coefficient (Wildman–Crippen LogP) is 3.44. The smallest absolute Gasteiger partial charge is 0.254 e. The van der Waals surface area contributed by atoms with E-state index in [0.29, 0.717) is 36.6 Å². The van der Waals surface area contributed by atoms with Gasteiger partial charge in [0.25, 0.3) is 5.91 Å². The van der Waals surface area contributed by atoms with E-state index in [1.807, 2.05) is 69.5 Å². The number of aromatic nitrogens is 2. The van der Waals surface area contributed by atoms with Crippen LogP contribution in [0.2, 0.25) is 0 Å². The molecule has 0 fully saturated rings. The lowest BCUT2D eigenvalue weighted by Crippen LogP contribution is -2.40. The second-order valence-electron chi connectivity index (χ2n) is 8.82. The van der Waals surface area contributed by atoms with Crippen molar-refractivity contribution in [3.8, 4) is 0 Å². The highest BCUT2D eigenvalue weighted by atomic mass is 32.1. The Hall–Kier alpha value is -3.24. The molecule has 2 amide bonds. The highest BCUT2D eigenvalue weighted by Crippen LogP contribution is 2.26. The molecule has 4 N–H and O–H groups in total. The molecule has 34 heavy (non-hydrogen) atoms. The van der Waals surface area contributed by atoms with Gasteiger partial charge in [0.15, 0.2) is 0 Å². The first kappa shape index (κ1) is 25.4. The van der Waals surface area contributed by atoms with Crippen LogP contribution < -0.4 is 21.3 Å². The number of benzene rings is 1. The Balaban J connectivity index is 1.63. The lowest BCUT2D eigenvalue weighted by atomic mass is 10.1. The third-order valence-electron chi connectivity index (χ3n) is 4.93. The Morgan fingerprint density at radius 3 is 2.65 bits per heavy atom. The summed E-state index contributed by atoms with van der Waals surface area (Å²) < 4.78 is 1.09. The van der Waals surface area contributed by atoms with Crippen LogP contribution in [0.25, 0.3) is 10.2 Å². The van der Waals surface area contributed by atoms with Crippen LogP contribution in [-0.2, 0) is 4.79 Å². The summed E-state index contributed by atoms with van der Waals surface area (Å²) in [5.74, 6) is 0.398. The average Bonchev–Trinajstić information content (AvgIpc) is 3.20. The number of carbonyl (C=O) groups excluding carboxylic acids is 2. The molecule has 0 saturated carbocycles. The number of likely N-dealkylation sites (N-methyl/N-ethyl adjacent to an activating group) is 1. The summed E-state index contributed by atoms with van der Waals surface area (Å²) in [6, 6.07) is 7.90. The topological polar surface area (TPSA) is 111 Å². The second kappa shape index (κ2) is 11.8. The number of nitrogens with one attached hydrogen (secondary N) is 4. The highest BCUT2D eigenvalue weighted by molar-refractivity contribution is 7.16. The molecular weight excluding hydrogens is 450 g/mol. The number of carbonyl (C=O) groups is 2. The van der Waals surface area contributed by atoms with E-state index in [1.165, 1.54) is 0 Å². The second-order valence-corrected chi connectivity index (χ2v) is 9.71. The molecule has 182 valence electrons. The summed E-state index contributed by atoms with van der Waals surface area (Å²) in [4.78, 5) is 35.3. The fourth-order valence-electron chi connectivity index (χ4n) is 3.39. The minimum absolute atomic E-state index is 0.0333. The largest absolute Gasteiger partial charge is 0.382 e. The van der Waals surface area contributed by atoms with Crippen LogP contribution in [0.4, 0.5) is 17.2 Å². The molecule has 0 unspecified atom stereocenters. The van der Waals surface area contributed by atoms with Crippen molar-refractivity contribution < 1.29 is 9.59 Å². The molecule has 3 aromatic rings. The third kappa shape index (κ3) is 7.39. The number of rotatable bonds is 11. The number of hydrogen-bond acceptors (Lipinski definition) is 8. The van der Waals surface area contributed by atoms with Crippen molar-refractivity contribution in [3.63, 3.8) is 0 Å². The third-order valence-corrected chi connectivity index (χ3v) is 5.72. The molecule has 0 radical (unpaired) electrons. The Bertz CT molecular complexity index is 1130. The van der Waals surface area contributed by atoms with Gasteiger partial charge in [-0.1, -0.05) is 0 Å². The van der Waals surface area contributed by atoms with E-state index in [9.17, 15) is 9.59 Å². The van der Waals surface area contributed by atoms with Crippen molar-refractivity contribution >= 4 is 50.6 Å². The average molecular weight is 484 g/mol. The SMILES string of the molecule is CC(C)Nc1cc(Nc2ccc3ncsc3c2)ncc1C(=O)NCC[C@@H](C)NC(=O)CN(C)C. The van der Waals surface area contributed by atoms with Crippen LogP contribution in [-0.4, -0.2) is 66.0 Å². The maximum Gasteiger partial charge on any atom is 0.254 e. The first-order valence-corrected chi connectivity index (χ1v) is 12.2. The molecule has 0 aliphatic heterocycles. The van der Waals surface area contributed by atoms with Gasteiger partial charge in [0, 0.05) is 36.6 Å². The fourth-order valence-corrected chi connectivity index (χ4v) is 4.11. The lowest BCUT2D eigenvalue weighted by Gasteiger charge is -2.18. The van der Waals surface area contributed by atoms with Crippen LogP contribution in [0, 0.1) is 0 Å². The van der Waals surface area contributed by atoms with E-state index < -0.39 is 0 Å². The molecule has 0 bridgehead atoms. The normalized spacial score (nSPS) is 12.1. The molecule has 10 heteroatoms. The summed E-state index contributed by atoms with van der Waals surface area (Å²) in [7, 11) is 3.70. The number of thiazole rings is 1. The van der Waals surface area contributed by atoms with Crippen molar-refractivity contribution in [1.82, 2.24) is 25.5 Å². The molecule has 0 saturated heterocycles.